The fourth-order valence-electron chi connectivity index (χ4n) is 2.51. The van der Waals surface area contributed by atoms with Gasteiger partial charge in [0, 0.05) is 6.42 Å². The Balaban J connectivity index is 2.39. The van der Waals surface area contributed by atoms with Gasteiger partial charge in [0.05, 0.1) is 11.1 Å². The van der Waals surface area contributed by atoms with E-state index in [0.29, 0.717) is 5.57 Å². The van der Waals surface area contributed by atoms with Crippen LogP contribution in [0.3, 0.4) is 0 Å². The number of rotatable bonds is 3. The van der Waals surface area contributed by atoms with Crippen molar-refractivity contribution >= 4 is 23.6 Å². The summed E-state index contributed by atoms with van der Waals surface area (Å²) in [4.78, 5) is 48.9. The minimum atomic E-state index is -0.945. The smallest absolute Gasteiger partial charge is 0.262 e. The quantitative estimate of drug-likeness (QED) is 0.771. The zero-order chi connectivity index (χ0) is 15.7. The van der Waals surface area contributed by atoms with Crippen LogP contribution in [0, 0.1) is 0 Å². The minimum absolute atomic E-state index is 0.106. The topological polar surface area (TPSA) is 83.6 Å². The van der Waals surface area contributed by atoms with Gasteiger partial charge < -0.3 is 0 Å². The number of imide groups is 2. The molecule has 0 aliphatic carbocycles. The van der Waals surface area contributed by atoms with Gasteiger partial charge in [-0.2, -0.15) is 0 Å². The Bertz CT molecular complexity index is 628. The average molecular weight is 288 g/mol. The maximum absolute atomic E-state index is 12.5. The molecule has 1 unspecified atom stereocenters. The summed E-state index contributed by atoms with van der Waals surface area (Å²) in [5.74, 6) is -2.06. The minimum Gasteiger partial charge on any atom is -0.295 e. The Morgan fingerprint density at radius 2 is 1.95 bits per heavy atom. The lowest BCUT2D eigenvalue weighted by Crippen LogP contribution is -2.54. The van der Waals surface area contributed by atoms with E-state index in [9.17, 15) is 19.2 Å². The van der Waals surface area contributed by atoms with Gasteiger partial charge in [0.25, 0.3) is 11.8 Å². The van der Waals surface area contributed by atoms with E-state index in [2.05, 4.69) is 11.9 Å². The lowest BCUT2D eigenvalue weighted by atomic mass is 10.0. The molecule has 6 nitrogen and oxygen atoms in total. The van der Waals surface area contributed by atoms with Crippen molar-refractivity contribution in [2.75, 3.05) is 0 Å². The maximum atomic E-state index is 12.5. The van der Waals surface area contributed by atoms with Crippen molar-refractivity contribution < 1.29 is 19.2 Å². The zero-order valence-electron chi connectivity index (χ0n) is 11.9. The third kappa shape index (κ3) is 2.44. The molecular formula is C15H16N2O4. The van der Waals surface area contributed by atoms with Crippen molar-refractivity contribution in [3.63, 3.8) is 0 Å². The van der Waals surface area contributed by atoms with Crippen LogP contribution in [0.2, 0.25) is 0 Å². The fourth-order valence-corrected chi connectivity index (χ4v) is 2.51. The lowest BCUT2D eigenvalue weighted by Gasteiger charge is -2.28. The molecule has 0 aromatic heterocycles. The molecule has 0 aromatic carbocycles. The lowest BCUT2D eigenvalue weighted by molar-refractivity contribution is -0.149. The maximum Gasteiger partial charge on any atom is 0.262 e. The van der Waals surface area contributed by atoms with Gasteiger partial charge in [-0.3, -0.25) is 29.4 Å². The summed E-state index contributed by atoms with van der Waals surface area (Å²) in [5.41, 5.74) is 0.929. The van der Waals surface area contributed by atoms with E-state index >= 15 is 0 Å². The molecule has 0 spiro atoms. The highest BCUT2D eigenvalue weighted by molar-refractivity contribution is 6.24. The van der Waals surface area contributed by atoms with Crippen LogP contribution in [0.4, 0.5) is 0 Å². The van der Waals surface area contributed by atoms with E-state index in [4.69, 9.17) is 0 Å². The molecule has 110 valence electrons. The molecule has 1 fully saturated rings. The van der Waals surface area contributed by atoms with Crippen LogP contribution >= 0.6 is 0 Å². The van der Waals surface area contributed by atoms with E-state index in [0.717, 1.165) is 4.90 Å². The summed E-state index contributed by atoms with van der Waals surface area (Å²) in [5, 5.41) is 2.16. The van der Waals surface area contributed by atoms with Crippen molar-refractivity contribution in [3.05, 3.63) is 35.5 Å². The molecule has 0 aromatic rings. The van der Waals surface area contributed by atoms with E-state index < -0.39 is 29.7 Å². The van der Waals surface area contributed by atoms with E-state index in [1.165, 1.54) is 6.08 Å². The number of nitrogens with one attached hydrogen (secondary N) is 1. The number of piperidine rings is 1. The Hall–Kier alpha value is -2.50. The van der Waals surface area contributed by atoms with Crippen LogP contribution in [0.1, 0.15) is 26.7 Å². The second-order valence-corrected chi connectivity index (χ2v) is 5.02. The Morgan fingerprint density at radius 1 is 1.29 bits per heavy atom. The third-order valence-corrected chi connectivity index (χ3v) is 3.43. The molecule has 1 N–H and O–H groups in total. The van der Waals surface area contributed by atoms with Crippen LogP contribution in [-0.4, -0.2) is 34.6 Å². The highest BCUT2D eigenvalue weighted by Gasteiger charge is 2.45. The number of hydrogen-bond donors (Lipinski definition) is 1. The summed E-state index contributed by atoms with van der Waals surface area (Å²) in [6.07, 6.45) is 3.44. The first kappa shape index (κ1) is 14.9. The van der Waals surface area contributed by atoms with Crippen LogP contribution in [0.15, 0.2) is 35.5 Å². The molecule has 0 radical (unpaired) electrons. The Morgan fingerprint density at radius 3 is 2.48 bits per heavy atom. The van der Waals surface area contributed by atoms with Crippen molar-refractivity contribution in [3.8, 4) is 0 Å². The molecular weight excluding hydrogens is 272 g/mol. The van der Waals surface area contributed by atoms with Crippen molar-refractivity contribution in [1.82, 2.24) is 10.2 Å². The molecule has 1 atom stereocenters. The van der Waals surface area contributed by atoms with Gasteiger partial charge in [0.15, 0.2) is 0 Å². The predicted octanol–water partition coefficient (Wildman–Crippen LogP) is 0.609. The van der Waals surface area contributed by atoms with Crippen LogP contribution in [0.25, 0.3) is 0 Å². The van der Waals surface area contributed by atoms with Crippen molar-refractivity contribution in [2.45, 2.75) is 32.7 Å². The summed E-state index contributed by atoms with van der Waals surface area (Å²) < 4.78 is 0. The number of amides is 4. The van der Waals surface area contributed by atoms with Crippen LogP contribution in [-0.2, 0) is 19.2 Å². The molecule has 4 amide bonds. The number of carbonyl (C=O) groups excluding carboxylic acids is 4. The van der Waals surface area contributed by atoms with E-state index in [1.54, 1.807) is 19.9 Å². The SMILES string of the molecule is C=C(C)C1=C(/C=C\C)C(=O)N(C2CCC(=O)NC2=O)C1=O. The molecule has 6 heteroatoms. The van der Waals surface area contributed by atoms with Crippen molar-refractivity contribution in [2.24, 2.45) is 0 Å². The average Bonchev–Trinajstić information content (AvgIpc) is 2.63. The van der Waals surface area contributed by atoms with E-state index in [1.807, 2.05) is 0 Å². The third-order valence-electron chi connectivity index (χ3n) is 3.43. The van der Waals surface area contributed by atoms with Crippen molar-refractivity contribution in [1.29, 1.82) is 0 Å². The molecule has 2 rings (SSSR count). The predicted molar refractivity (Wildman–Crippen MR) is 74.7 cm³/mol. The normalized spacial score (nSPS) is 23.3. The highest BCUT2D eigenvalue weighted by Crippen LogP contribution is 2.30. The first-order valence-electron chi connectivity index (χ1n) is 6.63. The molecule has 21 heavy (non-hydrogen) atoms. The largest absolute Gasteiger partial charge is 0.295 e. The molecule has 0 bridgehead atoms. The first-order chi connectivity index (χ1) is 9.88. The second kappa shape index (κ2) is 5.47. The van der Waals surface area contributed by atoms with Gasteiger partial charge in [0.1, 0.15) is 6.04 Å². The number of allylic oxidation sites excluding steroid dienone is 1. The monoisotopic (exact) mass is 288 g/mol. The molecule has 2 aliphatic heterocycles. The molecule has 0 saturated carbocycles. The second-order valence-electron chi connectivity index (χ2n) is 5.02. The summed E-state index contributed by atoms with van der Waals surface area (Å²) in [7, 11) is 0. The summed E-state index contributed by atoms with van der Waals surface area (Å²) in [6.45, 7) is 7.09. The molecule has 1 saturated heterocycles. The first-order valence-corrected chi connectivity index (χ1v) is 6.63. The highest BCUT2D eigenvalue weighted by atomic mass is 16.2. The van der Waals surface area contributed by atoms with Gasteiger partial charge in [0.2, 0.25) is 11.8 Å². The zero-order valence-corrected chi connectivity index (χ0v) is 11.9. The Labute approximate surface area is 122 Å². The van der Waals surface area contributed by atoms with Gasteiger partial charge in [-0.05, 0) is 25.8 Å². The van der Waals surface area contributed by atoms with Crippen LogP contribution < -0.4 is 5.32 Å². The van der Waals surface area contributed by atoms with Crippen LogP contribution in [0.5, 0.6) is 0 Å². The van der Waals surface area contributed by atoms with Gasteiger partial charge in [-0.1, -0.05) is 18.7 Å². The van der Waals surface area contributed by atoms with E-state index in [-0.39, 0.29) is 24.0 Å². The summed E-state index contributed by atoms with van der Waals surface area (Å²) in [6, 6.07) is -0.945. The van der Waals surface area contributed by atoms with Gasteiger partial charge >= 0.3 is 0 Å². The Kier molecular flexibility index (Phi) is 3.88. The number of carbonyl (C=O) groups is 4. The van der Waals surface area contributed by atoms with Gasteiger partial charge in [-0.15, -0.1) is 0 Å². The standard InChI is InChI=1S/C15H16N2O4/c1-4-5-9-12(8(2)3)15(21)17(14(9)20)10-6-7-11(18)16-13(10)19/h4-5,10H,2,6-7H2,1,3H3,(H,16,18,19)/b5-4-. The summed E-state index contributed by atoms with van der Waals surface area (Å²) >= 11 is 0. The fraction of sp³-hybridized carbons (Fsp3) is 0.333. The number of hydrogen-bond acceptors (Lipinski definition) is 4. The molecule has 2 aliphatic rings. The molecule has 2 heterocycles. The van der Waals surface area contributed by atoms with Gasteiger partial charge in [-0.25, -0.2) is 0 Å². The number of nitrogens with zero attached hydrogens (tertiary/aromatic N) is 1.